The van der Waals surface area contributed by atoms with Crippen LogP contribution in [0.1, 0.15) is 9.80 Å². The smallest absolute Gasteiger partial charge is 0.367 e. The number of carbonyl (C=O) groups is 1. The summed E-state index contributed by atoms with van der Waals surface area (Å²) >= 11 is 1.33. The molecular formula is C11H9NO2S. The molecule has 0 bridgehead atoms. The molecule has 2 aromatic rings. The molecule has 15 heavy (non-hydrogen) atoms. The van der Waals surface area contributed by atoms with Gasteiger partial charge in [-0.2, -0.15) is 0 Å². The number of hydrogen-bond donors (Lipinski definition) is 0. The van der Waals surface area contributed by atoms with Crippen molar-refractivity contribution < 1.29 is 9.53 Å². The average Bonchev–Trinajstić information content (AvgIpc) is 2.78. The summed E-state index contributed by atoms with van der Waals surface area (Å²) in [6.45, 7) is 0. The number of benzene rings is 1. The largest absolute Gasteiger partial charge is 0.464 e. The third-order valence-corrected chi connectivity index (χ3v) is 2.95. The van der Waals surface area contributed by atoms with E-state index >= 15 is 0 Å². The minimum Gasteiger partial charge on any atom is -0.464 e. The van der Waals surface area contributed by atoms with E-state index < -0.39 is 0 Å². The summed E-state index contributed by atoms with van der Waals surface area (Å²) in [6, 6.07) is 9.81. The molecule has 0 aliphatic heterocycles. The predicted octanol–water partition coefficient (Wildman–Crippen LogP) is 2.60. The summed E-state index contributed by atoms with van der Waals surface area (Å²) in [4.78, 5) is 16.2. The monoisotopic (exact) mass is 219 g/mol. The predicted molar refractivity (Wildman–Crippen MR) is 58.9 cm³/mol. The van der Waals surface area contributed by atoms with E-state index in [1.54, 1.807) is 6.20 Å². The molecule has 0 N–H and O–H groups in total. The molecule has 0 aliphatic rings. The lowest BCUT2D eigenvalue weighted by Crippen LogP contribution is -1.98. The molecule has 0 radical (unpaired) electrons. The van der Waals surface area contributed by atoms with Crippen LogP contribution >= 0.6 is 11.3 Å². The molecule has 0 atom stereocenters. The maximum Gasteiger partial charge on any atom is 0.367 e. The molecular weight excluding hydrogens is 210 g/mol. The van der Waals surface area contributed by atoms with Gasteiger partial charge in [-0.1, -0.05) is 30.3 Å². The van der Waals surface area contributed by atoms with Gasteiger partial charge in [0.05, 0.1) is 12.0 Å². The van der Waals surface area contributed by atoms with Crippen LogP contribution in [0, 0.1) is 0 Å². The van der Waals surface area contributed by atoms with Gasteiger partial charge in [0.1, 0.15) is 0 Å². The normalized spacial score (nSPS) is 9.93. The first kappa shape index (κ1) is 9.86. The van der Waals surface area contributed by atoms with Gasteiger partial charge in [-0.15, -0.1) is 11.3 Å². The van der Waals surface area contributed by atoms with Crippen molar-refractivity contribution in [1.82, 2.24) is 4.98 Å². The topological polar surface area (TPSA) is 39.2 Å². The first-order chi connectivity index (χ1) is 7.31. The Hall–Kier alpha value is -1.68. The number of nitrogens with zero attached hydrogens (tertiary/aromatic N) is 1. The summed E-state index contributed by atoms with van der Waals surface area (Å²) in [7, 11) is 1.35. The molecule has 1 aromatic carbocycles. The van der Waals surface area contributed by atoms with Crippen molar-refractivity contribution in [2.24, 2.45) is 0 Å². The minimum absolute atomic E-state index is 0.386. The third-order valence-electron chi connectivity index (χ3n) is 1.92. The average molecular weight is 219 g/mol. The van der Waals surface area contributed by atoms with Gasteiger partial charge in [-0.3, -0.25) is 0 Å². The van der Waals surface area contributed by atoms with Crippen LogP contribution in [0.25, 0.3) is 10.4 Å². The minimum atomic E-state index is -0.387. The third kappa shape index (κ3) is 2.05. The molecule has 0 spiro atoms. The molecule has 76 valence electrons. The number of carbonyl (C=O) groups excluding carboxylic acids is 1. The Kier molecular flexibility index (Phi) is 2.78. The Labute approximate surface area is 91.4 Å². The zero-order valence-electron chi connectivity index (χ0n) is 8.14. The van der Waals surface area contributed by atoms with Crippen molar-refractivity contribution in [2.75, 3.05) is 7.11 Å². The molecule has 2 rings (SSSR count). The molecule has 3 nitrogen and oxygen atoms in total. The number of hydrogen-bond acceptors (Lipinski definition) is 4. The van der Waals surface area contributed by atoms with Crippen molar-refractivity contribution in [3.8, 4) is 10.4 Å². The maximum atomic E-state index is 11.2. The van der Waals surface area contributed by atoms with Gasteiger partial charge in [-0.25, -0.2) is 9.78 Å². The fraction of sp³-hybridized carbons (Fsp3) is 0.0909. The molecule has 0 saturated carbocycles. The van der Waals surface area contributed by atoms with Crippen LogP contribution < -0.4 is 0 Å². The second kappa shape index (κ2) is 4.23. The molecule has 0 saturated heterocycles. The van der Waals surface area contributed by atoms with Crippen LogP contribution in [-0.2, 0) is 4.74 Å². The number of methoxy groups -OCH3 is 1. The van der Waals surface area contributed by atoms with Crippen molar-refractivity contribution in [2.45, 2.75) is 0 Å². The van der Waals surface area contributed by atoms with E-state index in [2.05, 4.69) is 9.72 Å². The van der Waals surface area contributed by atoms with Crippen molar-refractivity contribution in [3.63, 3.8) is 0 Å². The summed E-state index contributed by atoms with van der Waals surface area (Å²) in [5, 5.41) is 0.386. The van der Waals surface area contributed by atoms with E-state index in [-0.39, 0.29) is 5.97 Å². The molecule has 0 unspecified atom stereocenters. The van der Waals surface area contributed by atoms with Crippen LogP contribution in [0.15, 0.2) is 36.5 Å². The second-order valence-corrected chi connectivity index (χ2v) is 3.92. The fourth-order valence-corrected chi connectivity index (χ4v) is 2.03. The Bertz CT molecular complexity index is 464. The van der Waals surface area contributed by atoms with E-state index in [4.69, 9.17) is 0 Å². The Balaban J connectivity index is 2.32. The number of ether oxygens (including phenoxy) is 1. The van der Waals surface area contributed by atoms with Crippen molar-refractivity contribution >= 4 is 17.3 Å². The van der Waals surface area contributed by atoms with Crippen molar-refractivity contribution in [3.05, 3.63) is 41.5 Å². The highest BCUT2D eigenvalue weighted by atomic mass is 32.1. The van der Waals surface area contributed by atoms with Crippen LogP contribution in [0.5, 0.6) is 0 Å². The Morgan fingerprint density at radius 1 is 1.33 bits per heavy atom. The zero-order chi connectivity index (χ0) is 10.7. The SMILES string of the molecule is COC(=O)c1ncc(-c2ccccc2)s1. The highest BCUT2D eigenvalue weighted by Crippen LogP contribution is 2.25. The Morgan fingerprint density at radius 3 is 2.73 bits per heavy atom. The van der Waals surface area contributed by atoms with Gasteiger partial charge in [0.25, 0.3) is 0 Å². The molecule has 1 heterocycles. The first-order valence-corrected chi connectivity index (χ1v) is 5.22. The standard InChI is InChI=1S/C11H9NO2S/c1-14-11(13)10-12-7-9(15-10)8-5-3-2-4-6-8/h2-7H,1H3. The van der Waals surface area contributed by atoms with Crippen LogP contribution in [0.4, 0.5) is 0 Å². The van der Waals surface area contributed by atoms with E-state index in [1.807, 2.05) is 30.3 Å². The number of rotatable bonds is 2. The number of esters is 1. The summed E-state index contributed by atoms with van der Waals surface area (Å²) < 4.78 is 4.59. The van der Waals surface area contributed by atoms with E-state index in [1.165, 1.54) is 18.4 Å². The van der Waals surface area contributed by atoms with Gasteiger partial charge in [0.2, 0.25) is 5.01 Å². The molecule has 4 heteroatoms. The number of thiazole rings is 1. The van der Waals surface area contributed by atoms with E-state index in [0.717, 1.165) is 10.4 Å². The molecule has 1 aromatic heterocycles. The zero-order valence-corrected chi connectivity index (χ0v) is 8.95. The van der Waals surface area contributed by atoms with Gasteiger partial charge < -0.3 is 4.74 Å². The lowest BCUT2D eigenvalue weighted by Gasteiger charge is -1.93. The van der Waals surface area contributed by atoms with E-state index in [9.17, 15) is 4.79 Å². The van der Waals surface area contributed by atoms with Crippen LogP contribution in [0.2, 0.25) is 0 Å². The fourth-order valence-electron chi connectivity index (χ4n) is 1.19. The van der Waals surface area contributed by atoms with Gasteiger partial charge in [0.15, 0.2) is 0 Å². The second-order valence-electron chi connectivity index (χ2n) is 2.89. The molecule has 0 aliphatic carbocycles. The summed E-state index contributed by atoms with van der Waals surface area (Å²) in [5.74, 6) is -0.387. The summed E-state index contributed by atoms with van der Waals surface area (Å²) in [6.07, 6.45) is 1.69. The number of aromatic nitrogens is 1. The van der Waals surface area contributed by atoms with Gasteiger partial charge in [0, 0.05) is 6.20 Å². The molecule has 0 fully saturated rings. The van der Waals surface area contributed by atoms with E-state index in [0.29, 0.717) is 5.01 Å². The van der Waals surface area contributed by atoms with Gasteiger partial charge >= 0.3 is 5.97 Å². The van der Waals surface area contributed by atoms with Crippen LogP contribution in [-0.4, -0.2) is 18.1 Å². The molecule has 0 amide bonds. The first-order valence-electron chi connectivity index (χ1n) is 4.41. The van der Waals surface area contributed by atoms with Gasteiger partial charge in [-0.05, 0) is 5.56 Å². The highest BCUT2D eigenvalue weighted by Gasteiger charge is 2.11. The van der Waals surface area contributed by atoms with Crippen molar-refractivity contribution in [1.29, 1.82) is 0 Å². The maximum absolute atomic E-state index is 11.2. The highest BCUT2D eigenvalue weighted by molar-refractivity contribution is 7.16. The lowest BCUT2D eigenvalue weighted by atomic mass is 10.2. The summed E-state index contributed by atoms with van der Waals surface area (Å²) in [5.41, 5.74) is 1.06. The Morgan fingerprint density at radius 2 is 2.07 bits per heavy atom. The quantitative estimate of drug-likeness (QED) is 0.729. The van der Waals surface area contributed by atoms with Crippen LogP contribution in [0.3, 0.4) is 0 Å². The lowest BCUT2D eigenvalue weighted by molar-refractivity contribution is 0.0600.